The first-order valence-corrected chi connectivity index (χ1v) is 11.7. The highest BCUT2D eigenvalue weighted by Gasteiger charge is 2.18. The number of aromatic nitrogens is 1. The summed E-state index contributed by atoms with van der Waals surface area (Å²) < 4.78 is 51.4. The maximum Gasteiger partial charge on any atom is 0.256 e. The zero-order valence-corrected chi connectivity index (χ0v) is 18.2. The van der Waals surface area contributed by atoms with Gasteiger partial charge in [0.05, 0.1) is 10.6 Å². The molecule has 0 fully saturated rings. The van der Waals surface area contributed by atoms with E-state index in [0.717, 1.165) is 29.6 Å². The summed E-state index contributed by atoms with van der Waals surface area (Å²) in [7, 11) is -3.60. The quantitative estimate of drug-likeness (QED) is 0.432. The van der Waals surface area contributed by atoms with E-state index in [2.05, 4.69) is 10.3 Å². The number of nitrogens with zero attached hydrogens (tertiary/aromatic N) is 1. The van der Waals surface area contributed by atoms with Crippen molar-refractivity contribution in [1.82, 2.24) is 4.98 Å². The first-order chi connectivity index (χ1) is 15.7. The molecule has 0 aliphatic rings. The normalized spacial score (nSPS) is 11.2. The molecular weight excluding hydrogens is 446 g/mol. The van der Waals surface area contributed by atoms with Crippen molar-refractivity contribution in [3.8, 4) is 22.4 Å². The van der Waals surface area contributed by atoms with E-state index in [9.17, 15) is 22.0 Å². The van der Waals surface area contributed by atoms with Gasteiger partial charge < -0.3 is 5.32 Å². The number of sulfone groups is 1. The van der Waals surface area contributed by atoms with Crippen molar-refractivity contribution in [2.24, 2.45) is 0 Å². The summed E-state index contributed by atoms with van der Waals surface area (Å²) in [5.41, 5.74) is 2.46. The maximum absolute atomic E-state index is 13.9. The van der Waals surface area contributed by atoms with Crippen molar-refractivity contribution in [3.63, 3.8) is 0 Å². The Bertz CT molecular complexity index is 1460. The molecule has 0 saturated heterocycles. The highest BCUT2D eigenvalue weighted by Crippen LogP contribution is 2.29. The number of carbonyl (C=O) groups is 1. The Morgan fingerprint density at radius 1 is 0.848 bits per heavy atom. The number of benzene rings is 3. The summed E-state index contributed by atoms with van der Waals surface area (Å²) in [6, 6.07) is 19.6. The Labute approximate surface area is 189 Å². The smallest absolute Gasteiger partial charge is 0.256 e. The molecule has 1 aromatic heterocycles. The summed E-state index contributed by atoms with van der Waals surface area (Å²) in [4.78, 5) is 17.4. The van der Waals surface area contributed by atoms with Crippen molar-refractivity contribution in [1.29, 1.82) is 0 Å². The summed E-state index contributed by atoms with van der Waals surface area (Å²) in [5, 5.41) is 2.78. The minimum absolute atomic E-state index is 0.0454. The monoisotopic (exact) mass is 464 g/mol. The molecule has 0 spiro atoms. The SMILES string of the molecule is CS(=O)(=O)c1ccc(C(=O)Nc2cccc(-c3ccccn3)c2)c(-c2ccc(F)c(F)c2)c1. The second-order valence-corrected chi connectivity index (χ2v) is 9.37. The van der Waals surface area contributed by atoms with Gasteiger partial charge >= 0.3 is 0 Å². The predicted octanol–water partition coefficient (Wildman–Crippen LogP) is 5.35. The molecule has 0 saturated carbocycles. The summed E-state index contributed by atoms with van der Waals surface area (Å²) in [6.45, 7) is 0. The van der Waals surface area contributed by atoms with Crippen LogP contribution < -0.4 is 5.32 Å². The highest BCUT2D eigenvalue weighted by molar-refractivity contribution is 7.90. The van der Waals surface area contributed by atoms with Crippen LogP contribution in [0.1, 0.15) is 10.4 Å². The van der Waals surface area contributed by atoms with Gasteiger partial charge in [-0.25, -0.2) is 17.2 Å². The molecule has 33 heavy (non-hydrogen) atoms. The number of halogens is 2. The molecule has 8 heteroatoms. The van der Waals surface area contributed by atoms with Gasteiger partial charge in [-0.15, -0.1) is 0 Å². The number of anilines is 1. The summed E-state index contributed by atoms with van der Waals surface area (Å²) in [6.07, 6.45) is 2.69. The van der Waals surface area contributed by atoms with Gasteiger partial charge in [-0.3, -0.25) is 9.78 Å². The number of nitrogens with one attached hydrogen (secondary N) is 1. The number of pyridine rings is 1. The fraction of sp³-hybridized carbons (Fsp3) is 0.0400. The maximum atomic E-state index is 13.9. The second-order valence-electron chi connectivity index (χ2n) is 7.36. The van der Waals surface area contributed by atoms with E-state index in [1.165, 1.54) is 24.3 Å². The predicted molar refractivity (Wildman–Crippen MR) is 123 cm³/mol. The molecule has 0 aliphatic carbocycles. The first kappa shape index (κ1) is 22.3. The van der Waals surface area contributed by atoms with E-state index >= 15 is 0 Å². The van der Waals surface area contributed by atoms with Crippen LogP contribution >= 0.6 is 0 Å². The number of rotatable bonds is 5. The third-order valence-corrected chi connectivity index (χ3v) is 6.09. The van der Waals surface area contributed by atoms with Gasteiger partial charge in [0.25, 0.3) is 5.91 Å². The number of amides is 1. The molecule has 1 N–H and O–H groups in total. The topological polar surface area (TPSA) is 76.1 Å². The van der Waals surface area contributed by atoms with Crippen LogP contribution in [0.3, 0.4) is 0 Å². The average Bonchev–Trinajstić information content (AvgIpc) is 2.80. The molecule has 0 aliphatic heterocycles. The van der Waals surface area contributed by atoms with Gasteiger partial charge in [0, 0.05) is 29.3 Å². The van der Waals surface area contributed by atoms with Crippen molar-refractivity contribution < 1.29 is 22.0 Å². The van der Waals surface area contributed by atoms with Crippen molar-refractivity contribution in [2.75, 3.05) is 11.6 Å². The zero-order valence-electron chi connectivity index (χ0n) is 17.4. The average molecular weight is 464 g/mol. The second kappa shape index (κ2) is 8.91. The van der Waals surface area contributed by atoms with Crippen LogP contribution in [0.4, 0.5) is 14.5 Å². The van der Waals surface area contributed by atoms with Gasteiger partial charge in [0.1, 0.15) is 0 Å². The van der Waals surface area contributed by atoms with Crippen LogP contribution in [0.2, 0.25) is 0 Å². The van der Waals surface area contributed by atoms with Crippen molar-refractivity contribution in [2.45, 2.75) is 4.90 Å². The lowest BCUT2D eigenvalue weighted by Crippen LogP contribution is -2.14. The molecule has 4 aromatic rings. The number of hydrogen-bond acceptors (Lipinski definition) is 4. The molecule has 0 radical (unpaired) electrons. The minimum atomic E-state index is -3.60. The van der Waals surface area contributed by atoms with Gasteiger partial charge in [-0.05, 0) is 65.7 Å². The van der Waals surface area contributed by atoms with Crippen LogP contribution in [-0.4, -0.2) is 25.6 Å². The van der Waals surface area contributed by atoms with E-state index in [-0.39, 0.29) is 21.6 Å². The number of carbonyl (C=O) groups excluding carboxylic acids is 1. The van der Waals surface area contributed by atoms with Gasteiger partial charge in [-0.1, -0.05) is 24.3 Å². The van der Waals surface area contributed by atoms with Crippen LogP contribution in [0.25, 0.3) is 22.4 Å². The Hall–Kier alpha value is -3.91. The van der Waals surface area contributed by atoms with Crippen LogP contribution in [0.15, 0.2) is 90.0 Å². The standard InChI is InChI=1S/C25H18F2N2O3S/c1-33(31,32)19-9-10-20(21(15-19)16-8-11-22(26)23(27)14-16)25(30)29-18-6-4-5-17(13-18)24-7-2-3-12-28-24/h2-15H,1H3,(H,29,30). The van der Waals surface area contributed by atoms with E-state index in [4.69, 9.17) is 0 Å². The molecule has 0 unspecified atom stereocenters. The first-order valence-electron chi connectivity index (χ1n) is 9.85. The van der Waals surface area contributed by atoms with Gasteiger partial charge in [0.2, 0.25) is 0 Å². The van der Waals surface area contributed by atoms with E-state index in [0.29, 0.717) is 5.69 Å². The molecule has 0 atom stereocenters. The molecule has 0 bridgehead atoms. The Morgan fingerprint density at radius 2 is 1.67 bits per heavy atom. The van der Waals surface area contributed by atoms with Crippen LogP contribution in [0, 0.1) is 11.6 Å². The Balaban J connectivity index is 1.74. The Morgan fingerprint density at radius 3 is 2.36 bits per heavy atom. The fourth-order valence-electron chi connectivity index (χ4n) is 3.34. The molecular formula is C25H18F2N2O3S. The molecule has 3 aromatic carbocycles. The Kier molecular flexibility index (Phi) is 6.02. The van der Waals surface area contributed by atoms with Crippen molar-refractivity contribution >= 4 is 21.4 Å². The lowest BCUT2D eigenvalue weighted by Gasteiger charge is -2.13. The lowest BCUT2D eigenvalue weighted by molar-refractivity contribution is 0.102. The third-order valence-electron chi connectivity index (χ3n) is 4.98. The molecule has 1 heterocycles. The zero-order chi connectivity index (χ0) is 23.6. The molecule has 4 rings (SSSR count). The molecule has 5 nitrogen and oxygen atoms in total. The van der Waals surface area contributed by atoms with E-state index in [1.54, 1.807) is 30.5 Å². The fourth-order valence-corrected chi connectivity index (χ4v) is 3.99. The van der Waals surface area contributed by atoms with E-state index < -0.39 is 27.4 Å². The van der Waals surface area contributed by atoms with Crippen molar-refractivity contribution in [3.05, 3.63) is 102 Å². The van der Waals surface area contributed by atoms with E-state index in [1.807, 2.05) is 18.2 Å². The van der Waals surface area contributed by atoms with Crippen LogP contribution in [-0.2, 0) is 9.84 Å². The molecule has 1 amide bonds. The van der Waals surface area contributed by atoms with Crippen LogP contribution in [0.5, 0.6) is 0 Å². The summed E-state index contributed by atoms with van der Waals surface area (Å²) >= 11 is 0. The molecule has 166 valence electrons. The lowest BCUT2D eigenvalue weighted by atomic mass is 9.98. The minimum Gasteiger partial charge on any atom is -0.322 e. The van der Waals surface area contributed by atoms with Gasteiger partial charge in [-0.2, -0.15) is 0 Å². The summed E-state index contributed by atoms with van der Waals surface area (Å²) in [5.74, 6) is -2.69. The van der Waals surface area contributed by atoms with Gasteiger partial charge in [0.15, 0.2) is 21.5 Å². The largest absolute Gasteiger partial charge is 0.322 e. The number of hydrogen-bond donors (Lipinski definition) is 1. The third kappa shape index (κ3) is 4.96. The highest BCUT2D eigenvalue weighted by atomic mass is 32.2.